The number of pyridine rings is 1. The van der Waals surface area contributed by atoms with Gasteiger partial charge in [-0.2, -0.15) is 0 Å². The van der Waals surface area contributed by atoms with Crippen molar-refractivity contribution >= 4 is 27.7 Å². The first kappa shape index (κ1) is 15.9. The zero-order valence-electron chi connectivity index (χ0n) is 11.0. The van der Waals surface area contributed by atoms with Crippen LogP contribution >= 0.6 is 15.9 Å². The summed E-state index contributed by atoms with van der Waals surface area (Å²) in [7, 11) is 3.28. The summed E-state index contributed by atoms with van der Waals surface area (Å²) in [5, 5.41) is 11.9. The Kier molecular flexibility index (Phi) is 6.75. The summed E-state index contributed by atoms with van der Waals surface area (Å²) in [4.78, 5) is 18.1. The number of aromatic nitrogens is 1. The van der Waals surface area contributed by atoms with E-state index in [0.717, 1.165) is 4.47 Å². The predicted octanol–water partition coefficient (Wildman–Crippen LogP) is 0.967. The summed E-state index contributed by atoms with van der Waals surface area (Å²) < 4.78 is 5.70. The lowest BCUT2D eigenvalue weighted by Crippen LogP contribution is -2.36. The molecule has 0 unspecified atom stereocenters. The second-order valence-electron chi connectivity index (χ2n) is 3.81. The van der Waals surface area contributed by atoms with Gasteiger partial charge in [0.1, 0.15) is 5.82 Å². The van der Waals surface area contributed by atoms with Gasteiger partial charge in [-0.05, 0) is 22.0 Å². The molecule has 2 N–H and O–H groups in total. The Balaban J connectivity index is 2.97. The number of nitrogens with one attached hydrogen (secondary N) is 1. The quantitative estimate of drug-likeness (QED) is 0.778. The molecule has 0 aliphatic heterocycles. The van der Waals surface area contributed by atoms with Crippen molar-refractivity contribution in [2.24, 2.45) is 0 Å². The van der Waals surface area contributed by atoms with Crippen LogP contribution in [0.5, 0.6) is 0 Å². The SMILES string of the molecule is CNc1ncc(Br)cc1C(=O)N(CCO)CCOC. The van der Waals surface area contributed by atoms with Crippen LogP contribution in [0.3, 0.4) is 0 Å². The Morgan fingerprint density at radius 3 is 2.89 bits per heavy atom. The number of carbonyl (C=O) groups excluding carboxylic acids is 1. The van der Waals surface area contributed by atoms with Gasteiger partial charge in [0.15, 0.2) is 0 Å². The molecular weight excluding hydrogens is 314 g/mol. The molecule has 0 atom stereocenters. The minimum Gasteiger partial charge on any atom is -0.395 e. The molecule has 1 aromatic heterocycles. The number of nitrogens with zero attached hydrogens (tertiary/aromatic N) is 2. The standard InChI is InChI=1S/C12H18BrN3O3/c1-14-11-10(7-9(13)8-15-11)12(18)16(3-5-17)4-6-19-2/h7-8,17H,3-6H2,1-2H3,(H,14,15). The molecule has 6 nitrogen and oxygen atoms in total. The van der Waals surface area contributed by atoms with E-state index in [0.29, 0.717) is 24.5 Å². The highest BCUT2D eigenvalue weighted by atomic mass is 79.9. The Hall–Kier alpha value is -1.18. The molecule has 1 rings (SSSR count). The van der Waals surface area contributed by atoms with Crippen LogP contribution in [-0.4, -0.2) is 61.4 Å². The molecule has 0 saturated heterocycles. The summed E-state index contributed by atoms with van der Waals surface area (Å²) in [6.45, 7) is 1.01. The number of aliphatic hydroxyl groups excluding tert-OH is 1. The molecule has 1 aromatic rings. The minimum atomic E-state index is -0.191. The van der Waals surface area contributed by atoms with Gasteiger partial charge in [0.05, 0.1) is 18.8 Å². The monoisotopic (exact) mass is 331 g/mol. The number of aliphatic hydroxyl groups is 1. The molecule has 19 heavy (non-hydrogen) atoms. The van der Waals surface area contributed by atoms with Gasteiger partial charge in [0.2, 0.25) is 0 Å². The van der Waals surface area contributed by atoms with Crippen molar-refractivity contribution in [1.29, 1.82) is 0 Å². The maximum absolute atomic E-state index is 12.4. The molecule has 106 valence electrons. The molecule has 0 aliphatic rings. The Bertz CT molecular complexity index is 429. The van der Waals surface area contributed by atoms with E-state index in [4.69, 9.17) is 9.84 Å². The summed E-state index contributed by atoms with van der Waals surface area (Å²) >= 11 is 3.30. The molecule has 0 spiro atoms. The minimum absolute atomic E-state index is 0.0915. The normalized spacial score (nSPS) is 10.3. The topological polar surface area (TPSA) is 74.7 Å². The predicted molar refractivity (Wildman–Crippen MR) is 76.3 cm³/mol. The largest absolute Gasteiger partial charge is 0.395 e. The molecule has 0 bridgehead atoms. The van der Waals surface area contributed by atoms with Crippen LogP contribution in [0.2, 0.25) is 0 Å². The highest BCUT2D eigenvalue weighted by molar-refractivity contribution is 9.10. The number of methoxy groups -OCH3 is 1. The molecule has 7 heteroatoms. The van der Waals surface area contributed by atoms with E-state index in [1.165, 1.54) is 4.90 Å². The number of ether oxygens (including phenoxy) is 1. The first-order valence-electron chi connectivity index (χ1n) is 5.86. The average molecular weight is 332 g/mol. The number of hydrogen-bond donors (Lipinski definition) is 2. The maximum atomic E-state index is 12.4. The highest BCUT2D eigenvalue weighted by Crippen LogP contribution is 2.19. The third kappa shape index (κ3) is 4.45. The first-order valence-corrected chi connectivity index (χ1v) is 6.65. The van der Waals surface area contributed by atoms with E-state index in [9.17, 15) is 4.79 Å². The van der Waals surface area contributed by atoms with Gasteiger partial charge in [-0.3, -0.25) is 4.79 Å². The maximum Gasteiger partial charge on any atom is 0.257 e. The molecule has 1 amide bonds. The van der Waals surface area contributed by atoms with Crippen molar-refractivity contribution in [3.05, 3.63) is 22.3 Å². The van der Waals surface area contributed by atoms with E-state index in [2.05, 4.69) is 26.2 Å². The van der Waals surface area contributed by atoms with E-state index < -0.39 is 0 Å². The smallest absolute Gasteiger partial charge is 0.257 e. The third-order valence-electron chi connectivity index (χ3n) is 2.54. The second kappa shape index (κ2) is 8.08. The fraction of sp³-hybridized carbons (Fsp3) is 0.500. The van der Waals surface area contributed by atoms with Gasteiger partial charge < -0.3 is 20.1 Å². The van der Waals surface area contributed by atoms with Crippen molar-refractivity contribution in [2.45, 2.75) is 0 Å². The van der Waals surface area contributed by atoms with E-state index in [1.54, 1.807) is 26.4 Å². The van der Waals surface area contributed by atoms with Crippen molar-refractivity contribution in [2.75, 3.05) is 45.8 Å². The lowest BCUT2D eigenvalue weighted by molar-refractivity contribution is 0.0657. The van der Waals surface area contributed by atoms with Crippen LogP contribution in [0.1, 0.15) is 10.4 Å². The van der Waals surface area contributed by atoms with Gasteiger partial charge in [0, 0.05) is 37.9 Å². The first-order chi connectivity index (χ1) is 9.13. The van der Waals surface area contributed by atoms with E-state index >= 15 is 0 Å². The molecule has 0 radical (unpaired) electrons. The number of hydrogen-bond acceptors (Lipinski definition) is 5. The van der Waals surface area contributed by atoms with Gasteiger partial charge in [-0.15, -0.1) is 0 Å². The van der Waals surface area contributed by atoms with Gasteiger partial charge in [0.25, 0.3) is 5.91 Å². The van der Waals surface area contributed by atoms with Crippen LogP contribution < -0.4 is 5.32 Å². The summed E-state index contributed by atoms with van der Waals surface area (Å²) in [5.41, 5.74) is 0.460. The number of amides is 1. The second-order valence-corrected chi connectivity index (χ2v) is 4.72. The fourth-order valence-corrected chi connectivity index (χ4v) is 1.94. The molecule has 0 aromatic carbocycles. The number of rotatable bonds is 7. The fourth-order valence-electron chi connectivity index (χ4n) is 1.61. The summed E-state index contributed by atoms with van der Waals surface area (Å²) in [5.74, 6) is 0.317. The van der Waals surface area contributed by atoms with Crippen molar-refractivity contribution in [3.63, 3.8) is 0 Å². The Morgan fingerprint density at radius 2 is 2.32 bits per heavy atom. The lowest BCUT2D eigenvalue weighted by atomic mass is 10.2. The van der Waals surface area contributed by atoms with Crippen LogP contribution in [0.25, 0.3) is 0 Å². The number of carbonyl (C=O) groups is 1. The van der Waals surface area contributed by atoms with Gasteiger partial charge in [-0.1, -0.05) is 0 Å². The molecule has 0 fully saturated rings. The van der Waals surface area contributed by atoms with Gasteiger partial charge in [-0.25, -0.2) is 4.98 Å². The van der Waals surface area contributed by atoms with Crippen molar-refractivity contribution < 1.29 is 14.6 Å². The average Bonchev–Trinajstić information content (AvgIpc) is 2.42. The van der Waals surface area contributed by atoms with Crippen LogP contribution in [0, 0.1) is 0 Å². The molecule has 1 heterocycles. The van der Waals surface area contributed by atoms with Crippen molar-refractivity contribution in [3.8, 4) is 0 Å². The van der Waals surface area contributed by atoms with Crippen molar-refractivity contribution in [1.82, 2.24) is 9.88 Å². The lowest BCUT2D eigenvalue weighted by Gasteiger charge is -2.22. The summed E-state index contributed by atoms with van der Waals surface area (Å²) in [6.07, 6.45) is 1.62. The van der Waals surface area contributed by atoms with E-state index in [1.807, 2.05) is 0 Å². The Morgan fingerprint density at radius 1 is 1.58 bits per heavy atom. The third-order valence-corrected chi connectivity index (χ3v) is 2.98. The zero-order chi connectivity index (χ0) is 14.3. The van der Waals surface area contributed by atoms with E-state index in [-0.39, 0.29) is 19.1 Å². The zero-order valence-corrected chi connectivity index (χ0v) is 12.6. The Labute approximate surface area is 120 Å². The molecule has 0 saturated carbocycles. The number of anilines is 1. The van der Waals surface area contributed by atoms with Crippen LogP contribution in [0.4, 0.5) is 5.82 Å². The number of halogens is 1. The van der Waals surface area contributed by atoms with Crippen LogP contribution in [-0.2, 0) is 4.74 Å². The van der Waals surface area contributed by atoms with Gasteiger partial charge >= 0.3 is 0 Å². The molecule has 0 aliphatic carbocycles. The summed E-state index contributed by atoms with van der Waals surface area (Å²) in [6, 6.07) is 1.71. The van der Waals surface area contributed by atoms with Crippen LogP contribution in [0.15, 0.2) is 16.7 Å². The molecular formula is C12H18BrN3O3. The highest BCUT2D eigenvalue weighted by Gasteiger charge is 2.19.